The van der Waals surface area contributed by atoms with Crippen LogP contribution in [-0.4, -0.2) is 24.8 Å². The quantitative estimate of drug-likeness (QED) is 0.559. The van der Waals surface area contributed by atoms with E-state index in [9.17, 15) is 9.18 Å². The van der Waals surface area contributed by atoms with Crippen LogP contribution in [0, 0.1) is 5.82 Å². The van der Waals surface area contributed by atoms with Crippen molar-refractivity contribution in [3.8, 4) is 22.5 Å². The molecule has 0 saturated carbocycles. The minimum absolute atomic E-state index is 0.115. The summed E-state index contributed by atoms with van der Waals surface area (Å²) in [6.45, 7) is 2.91. The lowest BCUT2D eigenvalue weighted by atomic mass is 10.1. The summed E-state index contributed by atoms with van der Waals surface area (Å²) in [5, 5.41) is 0. The standard InChI is InChI=1S/C21H20FN5O/c1-2-9-26-13-25-20(14-3-6-16(22)7-4-14)21(26)15-5-8-19-24-11-17(10-18(23)28)27(19)12-15/h3-8,11-13H,2,9-10H2,1H3,(H2,23,28). The fourth-order valence-electron chi connectivity index (χ4n) is 3.39. The van der Waals surface area contributed by atoms with Crippen LogP contribution >= 0.6 is 0 Å². The molecule has 142 valence electrons. The number of halogens is 1. The molecule has 0 atom stereocenters. The summed E-state index contributed by atoms with van der Waals surface area (Å²) in [7, 11) is 0. The van der Waals surface area contributed by atoms with Crippen LogP contribution in [0.15, 0.2) is 55.1 Å². The van der Waals surface area contributed by atoms with Gasteiger partial charge >= 0.3 is 0 Å². The first-order valence-corrected chi connectivity index (χ1v) is 9.12. The van der Waals surface area contributed by atoms with Crippen LogP contribution in [0.1, 0.15) is 19.0 Å². The molecule has 1 amide bonds. The lowest BCUT2D eigenvalue weighted by Gasteiger charge is -2.11. The van der Waals surface area contributed by atoms with Crippen molar-refractivity contribution in [3.63, 3.8) is 0 Å². The molecule has 6 nitrogen and oxygen atoms in total. The Balaban J connectivity index is 1.88. The average Bonchev–Trinajstić information content (AvgIpc) is 3.26. The Morgan fingerprint density at radius 2 is 1.86 bits per heavy atom. The van der Waals surface area contributed by atoms with Crippen molar-refractivity contribution in [2.75, 3.05) is 0 Å². The van der Waals surface area contributed by atoms with E-state index in [0.717, 1.165) is 46.8 Å². The second kappa shape index (κ2) is 7.26. The molecule has 0 fully saturated rings. The van der Waals surface area contributed by atoms with E-state index in [-0.39, 0.29) is 12.2 Å². The van der Waals surface area contributed by atoms with Crippen LogP contribution in [0.4, 0.5) is 4.39 Å². The van der Waals surface area contributed by atoms with Crippen LogP contribution in [0.3, 0.4) is 0 Å². The molecule has 0 radical (unpaired) electrons. The molecule has 3 heterocycles. The number of rotatable bonds is 6. The molecule has 0 aliphatic carbocycles. The summed E-state index contributed by atoms with van der Waals surface area (Å²) < 4.78 is 17.3. The van der Waals surface area contributed by atoms with Gasteiger partial charge in [-0.2, -0.15) is 0 Å². The number of pyridine rings is 1. The van der Waals surface area contributed by atoms with E-state index in [4.69, 9.17) is 5.73 Å². The molecule has 0 saturated heterocycles. The predicted molar refractivity (Wildman–Crippen MR) is 105 cm³/mol. The van der Waals surface area contributed by atoms with Crippen LogP contribution in [0.25, 0.3) is 28.2 Å². The zero-order chi connectivity index (χ0) is 19.7. The summed E-state index contributed by atoms with van der Waals surface area (Å²) in [5.74, 6) is -0.690. The topological polar surface area (TPSA) is 78.2 Å². The fourth-order valence-corrected chi connectivity index (χ4v) is 3.39. The molecule has 0 aliphatic heterocycles. The van der Waals surface area contributed by atoms with Gasteiger partial charge in [-0.05, 0) is 42.8 Å². The van der Waals surface area contributed by atoms with Gasteiger partial charge in [-0.25, -0.2) is 14.4 Å². The van der Waals surface area contributed by atoms with E-state index in [2.05, 4.69) is 21.5 Å². The molecule has 0 aliphatic rings. The van der Waals surface area contributed by atoms with Crippen LogP contribution in [0.2, 0.25) is 0 Å². The summed E-state index contributed by atoms with van der Waals surface area (Å²) in [6, 6.07) is 10.2. The zero-order valence-corrected chi connectivity index (χ0v) is 15.5. The van der Waals surface area contributed by atoms with E-state index in [1.165, 1.54) is 12.1 Å². The number of hydrogen-bond donors (Lipinski definition) is 1. The third kappa shape index (κ3) is 3.26. The highest BCUT2D eigenvalue weighted by Gasteiger charge is 2.16. The van der Waals surface area contributed by atoms with Crippen molar-refractivity contribution in [3.05, 3.63) is 66.6 Å². The molecule has 4 rings (SSSR count). The van der Waals surface area contributed by atoms with Crippen molar-refractivity contribution in [1.82, 2.24) is 18.9 Å². The molecular formula is C21H20FN5O. The number of nitrogens with zero attached hydrogens (tertiary/aromatic N) is 4. The Bertz CT molecular complexity index is 1140. The Kier molecular flexibility index (Phi) is 4.65. The molecule has 4 aromatic rings. The van der Waals surface area contributed by atoms with Gasteiger partial charge in [-0.1, -0.05) is 6.92 Å². The molecule has 28 heavy (non-hydrogen) atoms. The zero-order valence-electron chi connectivity index (χ0n) is 15.5. The second-order valence-electron chi connectivity index (χ2n) is 6.68. The Morgan fingerprint density at radius 1 is 1.11 bits per heavy atom. The first-order valence-electron chi connectivity index (χ1n) is 9.12. The molecule has 3 aromatic heterocycles. The normalized spacial score (nSPS) is 11.2. The number of imidazole rings is 2. The third-order valence-corrected chi connectivity index (χ3v) is 4.63. The largest absolute Gasteiger partial charge is 0.369 e. The maximum absolute atomic E-state index is 13.4. The van der Waals surface area contributed by atoms with E-state index in [1.54, 1.807) is 24.7 Å². The highest BCUT2D eigenvalue weighted by atomic mass is 19.1. The van der Waals surface area contributed by atoms with Gasteiger partial charge < -0.3 is 14.7 Å². The van der Waals surface area contributed by atoms with Crippen molar-refractivity contribution >= 4 is 11.6 Å². The van der Waals surface area contributed by atoms with Crippen LogP contribution in [0.5, 0.6) is 0 Å². The minimum Gasteiger partial charge on any atom is -0.369 e. The SMILES string of the molecule is CCCn1cnc(-c2ccc(F)cc2)c1-c1ccc2ncc(CC(N)=O)n2c1. The third-order valence-electron chi connectivity index (χ3n) is 4.63. The van der Waals surface area contributed by atoms with E-state index >= 15 is 0 Å². The first-order chi connectivity index (χ1) is 13.6. The number of carbonyl (C=O) groups excluding carboxylic acids is 1. The van der Waals surface area contributed by atoms with Crippen molar-refractivity contribution < 1.29 is 9.18 Å². The average molecular weight is 377 g/mol. The number of nitrogens with two attached hydrogens (primary N) is 1. The highest BCUT2D eigenvalue weighted by Crippen LogP contribution is 2.32. The smallest absolute Gasteiger partial charge is 0.223 e. The highest BCUT2D eigenvalue weighted by molar-refractivity contribution is 5.79. The summed E-state index contributed by atoms with van der Waals surface area (Å²) in [5.41, 5.74) is 10.3. The second-order valence-corrected chi connectivity index (χ2v) is 6.68. The van der Waals surface area contributed by atoms with Crippen LogP contribution < -0.4 is 5.73 Å². The molecule has 0 unspecified atom stereocenters. The summed E-state index contributed by atoms with van der Waals surface area (Å²) in [6.07, 6.45) is 6.47. The minimum atomic E-state index is -0.407. The van der Waals surface area contributed by atoms with Gasteiger partial charge in [0.2, 0.25) is 5.91 Å². The van der Waals surface area contributed by atoms with Crippen LogP contribution in [-0.2, 0) is 17.8 Å². The van der Waals surface area contributed by atoms with Gasteiger partial charge in [0.15, 0.2) is 0 Å². The number of benzene rings is 1. The number of carbonyl (C=O) groups is 1. The van der Waals surface area contributed by atoms with Gasteiger partial charge in [-0.3, -0.25) is 4.79 Å². The van der Waals surface area contributed by atoms with Gasteiger partial charge in [0.25, 0.3) is 0 Å². The summed E-state index contributed by atoms with van der Waals surface area (Å²) in [4.78, 5) is 20.3. The fraction of sp³-hybridized carbons (Fsp3) is 0.190. The Morgan fingerprint density at radius 3 is 2.57 bits per heavy atom. The maximum atomic E-state index is 13.4. The Labute approximate surface area is 161 Å². The number of primary amides is 1. The number of hydrogen-bond acceptors (Lipinski definition) is 3. The predicted octanol–water partition coefficient (Wildman–Crippen LogP) is 3.44. The first kappa shape index (κ1) is 17.9. The van der Waals surface area contributed by atoms with Crippen molar-refractivity contribution in [2.24, 2.45) is 5.73 Å². The number of amides is 1. The van der Waals surface area contributed by atoms with Crippen molar-refractivity contribution in [2.45, 2.75) is 26.3 Å². The van der Waals surface area contributed by atoms with E-state index < -0.39 is 5.91 Å². The lowest BCUT2D eigenvalue weighted by Crippen LogP contribution is -2.14. The number of fused-ring (bicyclic) bond motifs is 1. The summed E-state index contributed by atoms with van der Waals surface area (Å²) >= 11 is 0. The van der Waals surface area contributed by atoms with E-state index in [1.807, 2.05) is 22.7 Å². The van der Waals surface area contributed by atoms with Gasteiger partial charge in [0.05, 0.1) is 29.8 Å². The van der Waals surface area contributed by atoms with E-state index in [0.29, 0.717) is 0 Å². The Hall–Kier alpha value is -3.48. The monoisotopic (exact) mass is 377 g/mol. The molecule has 0 spiro atoms. The molecule has 7 heteroatoms. The molecular weight excluding hydrogens is 357 g/mol. The molecule has 0 bridgehead atoms. The van der Waals surface area contributed by atoms with Gasteiger partial charge in [0, 0.05) is 30.1 Å². The maximum Gasteiger partial charge on any atom is 0.223 e. The number of aryl methyl sites for hydroxylation is 1. The lowest BCUT2D eigenvalue weighted by molar-refractivity contribution is -0.117. The van der Waals surface area contributed by atoms with Gasteiger partial charge in [-0.15, -0.1) is 0 Å². The van der Waals surface area contributed by atoms with Crippen molar-refractivity contribution in [1.29, 1.82) is 0 Å². The van der Waals surface area contributed by atoms with Gasteiger partial charge in [0.1, 0.15) is 11.5 Å². The number of aromatic nitrogens is 4. The molecule has 2 N–H and O–H groups in total. The molecule has 1 aromatic carbocycles.